The van der Waals surface area contributed by atoms with E-state index in [-0.39, 0.29) is 9.13 Å². The summed E-state index contributed by atoms with van der Waals surface area (Å²) in [5, 5.41) is 8.56. The Bertz CT molecular complexity index is 444. The van der Waals surface area contributed by atoms with Crippen molar-refractivity contribution in [2.45, 2.75) is 12.8 Å². The number of carbonyl (C=O) groups is 1. The molecule has 1 aromatic carbocycles. The molecule has 8 heteroatoms. The zero-order chi connectivity index (χ0) is 13.1. The first-order valence-corrected chi connectivity index (χ1v) is 6.16. The highest BCUT2D eigenvalue weighted by molar-refractivity contribution is 14.1. The molecule has 1 N–H and O–H groups in total. The van der Waals surface area contributed by atoms with Gasteiger partial charge in [0, 0.05) is 0 Å². The highest BCUT2D eigenvalue weighted by Gasteiger charge is 2.32. The minimum atomic E-state index is -4.89. The molecule has 1 aromatic rings. The summed E-state index contributed by atoms with van der Waals surface area (Å²) < 4.78 is 50.5. The standard InChI is InChI=1S/C9H6F3IO4/c10-9(11,12)17-6-3-1-2-5(4-7(14)15)8(6)13-16/h1-3H,4H2,(H,14,15). The Morgan fingerprint density at radius 1 is 1.41 bits per heavy atom. The number of halogens is 4. The first kappa shape index (κ1) is 13.9. The molecular formula is C9H6F3IO4. The first-order valence-electron chi connectivity index (χ1n) is 4.20. The van der Waals surface area contributed by atoms with E-state index in [0.717, 1.165) is 6.07 Å². The monoisotopic (exact) mass is 362 g/mol. The molecule has 0 spiro atoms. The molecule has 0 bridgehead atoms. The molecule has 0 aliphatic carbocycles. The molecule has 0 amide bonds. The Morgan fingerprint density at radius 2 is 2.06 bits per heavy atom. The van der Waals surface area contributed by atoms with Crippen molar-refractivity contribution >= 4 is 27.2 Å². The number of carboxylic acids is 1. The summed E-state index contributed by atoms with van der Waals surface area (Å²) in [7, 11) is 0. The summed E-state index contributed by atoms with van der Waals surface area (Å²) in [4.78, 5) is 10.5. The van der Waals surface area contributed by atoms with Crippen molar-refractivity contribution in [3.63, 3.8) is 0 Å². The maximum Gasteiger partial charge on any atom is 0.573 e. The number of ether oxygens (including phenoxy) is 1. The van der Waals surface area contributed by atoms with Crippen molar-refractivity contribution in [1.82, 2.24) is 0 Å². The summed E-state index contributed by atoms with van der Waals surface area (Å²) in [6.45, 7) is 0. The molecule has 0 radical (unpaired) electrons. The molecule has 0 unspecified atom stereocenters. The zero-order valence-electron chi connectivity index (χ0n) is 8.12. The van der Waals surface area contributed by atoms with Gasteiger partial charge in [-0.3, -0.25) is 7.86 Å². The second kappa shape index (κ2) is 5.43. The van der Waals surface area contributed by atoms with Crippen molar-refractivity contribution < 1.29 is 30.9 Å². The molecule has 1 rings (SSSR count). The lowest BCUT2D eigenvalue weighted by Crippen LogP contribution is -2.18. The Balaban J connectivity index is 3.14. The lowest BCUT2D eigenvalue weighted by Gasteiger charge is -2.11. The summed E-state index contributed by atoms with van der Waals surface area (Å²) >= 11 is -1.96. The molecule has 0 fully saturated rings. The van der Waals surface area contributed by atoms with Crippen LogP contribution in [0.5, 0.6) is 5.75 Å². The van der Waals surface area contributed by atoms with Crippen LogP contribution in [0.3, 0.4) is 0 Å². The van der Waals surface area contributed by atoms with Gasteiger partial charge < -0.3 is 9.84 Å². The first-order chi connectivity index (χ1) is 7.83. The molecular weight excluding hydrogens is 356 g/mol. The molecule has 0 aromatic heterocycles. The normalized spacial score (nSPS) is 11.2. The number of aliphatic carboxylic acids is 1. The van der Waals surface area contributed by atoms with Gasteiger partial charge in [0.05, 0.1) is 9.99 Å². The van der Waals surface area contributed by atoms with E-state index in [2.05, 4.69) is 4.74 Å². The van der Waals surface area contributed by atoms with Gasteiger partial charge in [0.15, 0.2) is 21.2 Å². The average Bonchev–Trinajstić information content (AvgIpc) is 2.14. The van der Waals surface area contributed by atoms with E-state index in [1.54, 1.807) is 0 Å². The number of benzene rings is 1. The van der Waals surface area contributed by atoms with E-state index >= 15 is 0 Å². The van der Waals surface area contributed by atoms with E-state index in [1.807, 2.05) is 0 Å². The van der Waals surface area contributed by atoms with Crippen LogP contribution in [0.25, 0.3) is 0 Å². The highest BCUT2D eigenvalue weighted by atomic mass is 127. The van der Waals surface area contributed by atoms with Crippen molar-refractivity contribution in [3.05, 3.63) is 27.3 Å². The van der Waals surface area contributed by atoms with Crippen LogP contribution in [0, 0.1) is 3.57 Å². The highest BCUT2D eigenvalue weighted by Crippen LogP contribution is 2.31. The Hall–Kier alpha value is -1.19. The predicted molar refractivity (Wildman–Crippen MR) is 57.9 cm³/mol. The van der Waals surface area contributed by atoms with E-state index in [9.17, 15) is 21.0 Å². The minimum absolute atomic E-state index is 0.0713. The number of carboxylic acid groups (broad SMARTS) is 1. The molecule has 0 saturated carbocycles. The van der Waals surface area contributed by atoms with Gasteiger partial charge in [0.25, 0.3) is 0 Å². The summed E-state index contributed by atoms with van der Waals surface area (Å²) in [6, 6.07) is 3.54. The van der Waals surface area contributed by atoms with Crippen LogP contribution < -0.4 is 4.74 Å². The van der Waals surface area contributed by atoms with Crippen molar-refractivity contribution in [1.29, 1.82) is 0 Å². The fraction of sp³-hybridized carbons (Fsp3) is 0.222. The van der Waals surface area contributed by atoms with E-state index in [0.29, 0.717) is 0 Å². The lowest BCUT2D eigenvalue weighted by molar-refractivity contribution is -0.275. The summed E-state index contributed by atoms with van der Waals surface area (Å²) in [6.07, 6.45) is -5.39. The van der Waals surface area contributed by atoms with Gasteiger partial charge in [-0.25, -0.2) is 0 Å². The molecule has 94 valence electrons. The lowest BCUT2D eigenvalue weighted by atomic mass is 10.1. The Morgan fingerprint density at radius 3 is 2.53 bits per heavy atom. The quantitative estimate of drug-likeness (QED) is 0.837. The minimum Gasteiger partial charge on any atom is -0.481 e. The van der Waals surface area contributed by atoms with Crippen molar-refractivity contribution in [3.8, 4) is 5.75 Å². The van der Waals surface area contributed by atoms with Gasteiger partial charge in [-0.1, -0.05) is 12.1 Å². The van der Waals surface area contributed by atoms with Crippen LogP contribution in [0.2, 0.25) is 0 Å². The molecule has 0 aliphatic heterocycles. The van der Waals surface area contributed by atoms with Gasteiger partial charge in [0.2, 0.25) is 0 Å². The Kier molecular flexibility index (Phi) is 4.43. The second-order valence-corrected chi connectivity index (χ2v) is 4.44. The van der Waals surface area contributed by atoms with Crippen LogP contribution in [-0.4, -0.2) is 17.4 Å². The van der Waals surface area contributed by atoms with Crippen molar-refractivity contribution in [2.75, 3.05) is 0 Å². The van der Waals surface area contributed by atoms with Crippen LogP contribution in [0.4, 0.5) is 13.2 Å². The molecule has 4 nitrogen and oxygen atoms in total. The van der Waals surface area contributed by atoms with Crippen LogP contribution in [-0.2, 0) is 14.3 Å². The topological polar surface area (TPSA) is 63.6 Å². The number of hydrogen-bond donors (Lipinski definition) is 1. The molecule has 0 heterocycles. The van der Waals surface area contributed by atoms with E-state index < -0.39 is 45.7 Å². The van der Waals surface area contributed by atoms with Crippen LogP contribution >= 0.6 is 21.2 Å². The van der Waals surface area contributed by atoms with Crippen LogP contribution in [0.15, 0.2) is 18.2 Å². The van der Waals surface area contributed by atoms with Gasteiger partial charge in [-0.05, 0) is 11.6 Å². The van der Waals surface area contributed by atoms with Gasteiger partial charge in [-0.2, -0.15) is 0 Å². The number of rotatable bonds is 4. The SMILES string of the molecule is O=Ic1c(CC(=O)O)cccc1OC(F)(F)F. The second-order valence-electron chi connectivity index (χ2n) is 2.92. The third kappa shape index (κ3) is 4.29. The zero-order valence-corrected chi connectivity index (χ0v) is 10.3. The predicted octanol–water partition coefficient (Wildman–Crippen LogP) is 2.70. The fourth-order valence-electron chi connectivity index (χ4n) is 1.15. The smallest absolute Gasteiger partial charge is 0.481 e. The third-order valence-corrected chi connectivity index (χ3v) is 3.35. The van der Waals surface area contributed by atoms with Crippen LogP contribution in [0.1, 0.15) is 5.56 Å². The maximum absolute atomic E-state index is 12.0. The molecule has 0 saturated heterocycles. The molecule has 17 heavy (non-hydrogen) atoms. The van der Waals surface area contributed by atoms with Gasteiger partial charge >= 0.3 is 12.3 Å². The fourth-order valence-corrected chi connectivity index (χ4v) is 2.31. The maximum atomic E-state index is 12.0. The summed E-state index contributed by atoms with van der Waals surface area (Å²) in [5.41, 5.74) is 0.0713. The Labute approximate surface area is 104 Å². The summed E-state index contributed by atoms with van der Waals surface area (Å²) in [5.74, 6) is -1.81. The number of hydrogen-bond acceptors (Lipinski definition) is 3. The van der Waals surface area contributed by atoms with E-state index in [1.165, 1.54) is 12.1 Å². The molecule has 0 atom stereocenters. The largest absolute Gasteiger partial charge is 0.573 e. The van der Waals surface area contributed by atoms with Gasteiger partial charge in [-0.15, -0.1) is 13.2 Å². The number of alkyl halides is 3. The van der Waals surface area contributed by atoms with Gasteiger partial charge in [0.1, 0.15) is 5.75 Å². The van der Waals surface area contributed by atoms with Crippen molar-refractivity contribution in [2.24, 2.45) is 0 Å². The third-order valence-electron chi connectivity index (χ3n) is 1.69. The molecule has 0 aliphatic rings. The average molecular weight is 362 g/mol. The van der Waals surface area contributed by atoms with E-state index in [4.69, 9.17) is 5.11 Å².